The van der Waals surface area contributed by atoms with E-state index < -0.39 is 5.92 Å². The van der Waals surface area contributed by atoms with Gasteiger partial charge in [0.2, 0.25) is 5.91 Å². The van der Waals surface area contributed by atoms with Crippen LogP contribution in [0.15, 0.2) is 36.8 Å². The molecule has 9 nitrogen and oxygen atoms in total. The van der Waals surface area contributed by atoms with Crippen LogP contribution in [0.4, 0.5) is 20.3 Å². The molecule has 0 bridgehead atoms. The number of benzene rings is 1. The van der Waals surface area contributed by atoms with Crippen LogP contribution in [0, 0.1) is 0 Å². The van der Waals surface area contributed by atoms with Gasteiger partial charge in [0.1, 0.15) is 22.9 Å². The first kappa shape index (κ1) is 26.4. The molecule has 2 aliphatic heterocycles. The van der Waals surface area contributed by atoms with Crippen molar-refractivity contribution in [1.29, 1.82) is 0 Å². The Kier molecular flexibility index (Phi) is 6.36. The summed E-state index contributed by atoms with van der Waals surface area (Å²) in [6, 6.07) is 6.04. The number of imidazole rings is 1. The minimum atomic E-state index is -3.00. The van der Waals surface area contributed by atoms with Gasteiger partial charge in [0, 0.05) is 44.9 Å². The van der Waals surface area contributed by atoms with Crippen LogP contribution in [0.2, 0.25) is 5.02 Å². The summed E-state index contributed by atoms with van der Waals surface area (Å²) < 4.78 is 31.6. The van der Waals surface area contributed by atoms with Crippen molar-refractivity contribution >= 4 is 29.0 Å². The van der Waals surface area contributed by atoms with E-state index in [0.717, 1.165) is 36.5 Å². The first-order valence-corrected chi connectivity index (χ1v) is 13.6. The molecule has 0 saturated carbocycles. The number of rotatable bonds is 5. The third-order valence-corrected chi connectivity index (χ3v) is 7.69. The van der Waals surface area contributed by atoms with E-state index in [4.69, 9.17) is 16.6 Å². The highest BCUT2D eigenvalue weighted by Gasteiger charge is 2.32. The maximum atomic E-state index is 14.0. The predicted molar refractivity (Wildman–Crippen MR) is 149 cm³/mol. The number of halogens is 3. The van der Waals surface area contributed by atoms with Gasteiger partial charge in [-0.1, -0.05) is 29.8 Å². The highest BCUT2D eigenvalue weighted by molar-refractivity contribution is 6.32. The zero-order valence-electron chi connectivity index (χ0n) is 22.7. The zero-order chi connectivity index (χ0) is 28.3. The lowest BCUT2D eigenvalue weighted by Crippen LogP contribution is -2.44. The minimum absolute atomic E-state index is 0.0530. The van der Waals surface area contributed by atoms with E-state index in [0.29, 0.717) is 47.0 Å². The Hall–Kier alpha value is -3.86. The Balaban J connectivity index is 1.36. The molecule has 2 aliphatic rings. The molecule has 12 heteroatoms. The average Bonchev–Trinajstić information content (AvgIpc) is 3.47. The Labute approximate surface area is 235 Å². The molecule has 0 atom stereocenters. The van der Waals surface area contributed by atoms with Crippen molar-refractivity contribution in [3.05, 3.63) is 58.6 Å². The van der Waals surface area contributed by atoms with Crippen molar-refractivity contribution in [2.45, 2.75) is 58.7 Å². The predicted octanol–water partition coefficient (Wildman–Crippen LogP) is 5.48. The number of aromatic nitrogens is 6. The Morgan fingerprint density at radius 3 is 2.73 bits per heavy atom. The van der Waals surface area contributed by atoms with Crippen LogP contribution in [-0.2, 0) is 30.2 Å². The van der Waals surface area contributed by atoms with Gasteiger partial charge in [-0.2, -0.15) is 13.9 Å². The van der Waals surface area contributed by atoms with Crippen molar-refractivity contribution in [1.82, 2.24) is 29.3 Å². The van der Waals surface area contributed by atoms with E-state index in [9.17, 15) is 13.6 Å². The summed E-state index contributed by atoms with van der Waals surface area (Å²) in [5, 5.41) is 4.83. The maximum Gasteiger partial charge on any atom is 0.288 e. The van der Waals surface area contributed by atoms with Crippen LogP contribution in [0.25, 0.3) is 22.9 Å². The molecule has 3 aromatic heterocycles. The molecule has 4 aromatic rings. The Bertz CT molecular complexity index is 1620. The molecule has 0 saturated heterocycles. The van der Waals surface area contributed by atoms with Crippen LogP contribution in [-0.4, -0.2) is 48.8 Å². The summed E-state index contributed by atoms with van der Waals surface area (Å²) in [5.74, 6) is -1.45. The summed E-state index contributed by atoms with van der Waals surface area (Å²) in [5.41, 5.74) is 3.89. The van der Waals surface area contributed by atoms with E-state index in [2.05, 4.69) is 21.1 Å². The van der Waals surface area contributed by atoms with Gasteiger partial charge in [0.15, 0.2) is 11.6 Å². The lowest BCUT2D eigenvalue weighted by molar-refractivity contribution is -0.117. The minimum Gasteiger partial charge on any atom is -0.341 e. The number of hydrogen-bond donors (Lipinski definition) is 0. The van der Waals surface area contributed by atoms with E-state index in [1.54, 1.807) is 29.0 Å². The molecule has 208 valence electrons. The lowest BCUT2D eigenvalue weighted by Gasteiger charge is -2.34. The maximum absolute atomic E-state index is 14.0. The van der Waals surface area contributed by atoms with Gasteiger partial charge in [0.25, 0.3) is 5.92 Å². The summed E-state index contributed by atoms with van der Waals surface area (Å²) in [4.78, 5) is 30.1. The zero-order valence-corrected chi connectivity index (χ0v) is 23.5. The lowest BCUT2D eigenvalue weighted by atomic mass is 10.00. The topological polar surface area (TPSA) is 85.0 Å². The number of carbonyl (C=O) groups is 1. The highest BCUT2D eigenvalue weighted by Crippen LogP contribution is 2.37. The average molecular weight is 567 g/mol. The number of aryl methyl sites for hydroxylation is 2. The number of fused-ring (bicyclic) bond motifs is 4. The number of alkyl halides is 2. The fourth-order valence-corrected chi connectivity index (χ4v) is 5.56. The van der Waals surface area contributed by atoms with Crippen molar-refractivity contribution in [3.8, 4) is 22.9 Å². The van der Waals surface area contributed by atoms with Crippen LogP contribution in [0.1, 0.15) is 50.1 Å². The monoisotopic (exact) mass is 566 g/mol. The van der Waals surface area contributed by atoms with Gasteiger partial charge >= 0.3 is 0 Å². The molecule has 6 rings (SSSR count). The van der Waals surface area contributed by atoms with Gasteiger partial charge in [-0.15, -0.1) is 0 Å². The normalized spacial score (nSPS) is 15.2. The molecule has 40 heavy (non-hydrogen) atoms. The number of hydrogen-bond acceptors (Lipinski definition) is 6. The SMILES string of the molecule is CC(C)n1ncc(Cl)c1-c1ncc2c(n1)N(Cc1ccc3c(c1)CCCn1cc(C(C)(F)F)nc1-3)CC(=O)N2C. The second-order valence-electron chi connectivity index (χ2n) is 10.7. The van der Waals surface area contributed by atoms with Crippen molar-refractivity contribution < 1.29 is 13.6 Å². The first-order valence-electron chi connectivity index (χ1n) is 13.2. The quantitative estimate of drug-likeness (QED) is 0.318. The number of amides is 1. The summed E-state index contributed by atoms with van der Waals surface area (Å²) in [7, 11) is 1.71. The van der Waals surface area contributed by atoms with E-state index in [1.165, 1.54) is 6.20 Å². The highest BCUT2D eigenvalue weighted by atomic mass is 35.5. The Morgan fingerprint density at radius 2 is 1.98 bits per heavy atom. The molecule has 1 amide bonds. The van der Waals surface area contributed by atoms with Crippen LogP contribution in [0.5, 0.6) is 0 Å². The number of anilines is 2. The third-order valence-electron chi connectivity index (χ3n) is 7.42. The molecule has 5 heterocycles. The van der Waals surface area contributed by atoms with Gasteiger partial charge in [0.05, 0.1) is 24.0 Å². The number of carbonyl (C=O) groups excluding carboxylic acids is 1. The second kappa shape index (κ2) is 9.65. The fourth-order valence-electron chi connectivity index (χ4n) is 5.34. The molecule has 0 spiro atoms. The van der Waals surface area contributed by atoms with Gasteiger partial charge in [-0.25, -0.2) is 15.0 Å². The molecule has 0 fully saturated rings. The van der Waals surface area contributed by atoms with Crippen molar-refractivity contribution in [2.75, 3.05) is 23.4 Å². The van der Waals surface area contributed by atoms with E-state index >= 15 is 0 Å². The number of likely N-dealkylation sites (N-methyl/N-ethyl adjacent to an activating group) is 1. The van der Waals surface area contributed by atoms with Crippen LogP contribution >= 0.6 is 11.6 Å². The smallest absolute Gasteiger partial charge is 0.288 e. The third kappa shape index (κ3) is 4.51. The van der Waals surface area contributed by atoms with Crippen molar-refractivity contribution in [2.24, 2.45) is 0 Å². The molecule has 0 N–H and O–H groups in total. The molecule has 1 aromatic carbocycles. The molecule has 0 aliphatic carbocycles. The molecule has 0 unspecified atom stereocenters. The standard InChI is InChI=1S/C28H29ClF2N8O/c1-16(2)39-24(20(29)11-33-39)25-32-12-21-27(35-25)38(15-23(40)36(21)4)13-17-7-8-19-18(10-17)6-5-9-37-14-22(28(3,30)31)34-26(19)37/h7-8,10-12,14,16H,5-6,9,13,15H2,1-4H3. The summed E-state index contributed by atoms with van der Waals surface area (Å²) in [6.07, 6.45) is 6.30. The summed E-state index contributed by atoms with van der Waals surface area (Å²) in [6.45, 7) is 6.08. The van der Waals surface area contributed by atoms with Crippen LogP contribution in [0.3, 0.4) is 0 Å². The molecular formula is C28H29ClF2N8O. The van der Waals surface area contributed by atoms with E-state index in [-0.39, 0.29) is 24.2 Å². The van der Waals surface area contributed by atoms with Crippen molar-refractivity contribution in [3.63, 3.8) is 0 Å². The largest absolute Gasteiger partial charge is 0.341 e. The second-order valence-corrected chi connectivity index (χ2v) is 11.1. The van der Waals surface area contributed by atoms with Gasteiger partial charge in [-0.3, -0.25) is 9.48 Å². The summed E-state index contributed by atoms with van der Waals surface area (Å²) >= 11 is 6.48. The number of nitrogens with zero attached hydrogens (tertiary/aromatic N) is 8. The first-order chi connectivity index (χ1) is 19.0. The molecular weight excluding hydrogens is 538 g/mol. The molecule has 0 radical (unpaired) electrons. The van der Waals surface area contributed by atoms with E-state index in [1.807, 2.05) is 35.4 Å². The van der Waals surface area contributed by atoms with Gasteiger partial charge in [-0.05, 0) is 37.8 Å². The van der Waals surface area contributed by atoms with Gasteiger partial charge < -0.3 is 14.4 Å². The van der Waals surface area contributed by atoms with Crippen LogP contribution < -0.4 is 9.80 Å². The fraction of sp³-hybridized carbons (Fsp3) is 0.393. The Morgan fingerprint density at radius 1 is 1.18 bits per heavy atom.